The van der Waals surface area contributed by atoms with Crippen molar-refractivity contribution in [3.05, 3.63) is 28.0 Å². The number of nitrogens with one attached hydrogen (secondary N) is 1. The van der Waals surface area contributed by atoms with Crippen LogP contribution in [0.2, 0.25) is 10.3 Å². The second-order valence-corrected chi connectivity index (χ2v) is 5.14. The Bertz CT molecular complexity index is 488. The van der Waals surface area contributed by atoms with Crippen LogP contribution in [-0.4, -0.2) is 30.0 Å². The molecule has 0 fully saturated rings. The predicted octanol–water partition coefficient (Wildman–Crippen LogP) is 2.71. The quantitative estimate of drug-likeness (QED) is 0.669. The van der Waals surface area contributed by atoms with Gasteiger partial charge in [0.2, 0.25) is 0 Å². The number of hydrogen-bond acceptors (Lipinski definition) is 4. The van der Waals surface area contributed by atoms with E-state index < -0.39 is 17.9 Å². The van der Waals surface area contributed by atoms with Gasteiger partial charge in [0.05, 0.1) is 7.11 Å². The average molecular weight is 319 g/mol. The molecule has 20 heavy (non-hydrogen) atoms. The smallest absolute Gasteiger partial charge is 0.328 e. The third-order valence-electron chi connectivity index (χ3n) is 2.98. The van der Waals surface area contributed by atoms with Crippen LogP contribution in [0.4, 0.5) is 0 Å². The topological polar surface area (TPSA) is 68.3 Å². The van der Waals surface area contributed by atoms with Gasteiger partial charge in [-0.15, -0.1) is 0 Å². The van der Waals surface area contributed by atoms with Crippen LogP contribution in [0, 0.1) is 5.92 Å². The number of pyridine rings is 1. The van der Waals surface area contributed by atoms with E-state index in [4.69, 9.17) is 27.9 Å². The third-order valence-corrected chi connectivity index (χ3v) is 3.37. The summed E-state index contributed by atoms with van der Waals surface area (Å²) < 4.78 is 4.70. The first-order valence-corrected chi connectivity index (χ1v) is 6.86. The molecule has 1 N–H and O–H groups in total. The Kier molecular flexibility index (Phi) is 6.23. The van der Waals surface area contributed by atoms with Crippen molar-refractivity contribution in [1.29, 1.82) is 0 Å². The molecule has 1 aromatic rings. The van der Waals surface area contributed by atoms with Crippen LogP contribution in [0.15, 0.2) is 12.1 Å². The first-order chi connectivity index (χ1) is 9.38. The van der Waals surface area contributed by atoms with Crippen molar-refractivity contribution < 1.29 is 14.3 Å². The number of nitrogens with zero attached hydrogens (tertiary/aromatic N) is 1. The van der Waals surface area contributed by atoms with Crippen molar-refractivity contribution in [2.75, 3.05) is 7.11 Å². The minimum absolute atomic E-state index is 0.0563. The molecule has 0 bridgehead atoms. The lowest BCUT2D eigenvalue weighted by Gasteiger charge is -2.21. The standard InChI is InChI=1S/C13H16Cl2N2O3/c1-4-7(2)11(13(19)20-3)17-12(18)8-5-9(14)16-10(15)6-8/h5-7,11H,4H2,1-3H3,(H,17,18). The number of ether oxygens (including phenoxy) is 1. The average Bonchev–Trinajstić information content (AvgIpc) is 2.41. The van der Waals surface area contributed by atoms with Crippen LogP contribution in [-0.2, 0) is 9.53 Å². The van der Waals surface area contributed by atoms with Gasteiger partial charge in [-0.2, -0.15) is 0 Å². The maximum absolute atomic E-state index is 12.1. The number of esters is 1. The molecule has 0 radical (unpaired) electrons. The molecular weight excluding hydrogens is 303 g/mol. The fourth-order valence-electron chi connectivity index (χ4n) is 1.62. The van der Waals surface area contributed by atoms with E-state index in [0.29, 0.717) is 0 Å². The molecule has 1 amide bonds. The molecule has 7 heteroatoms. The summed E-state index contributed by atoms with van der Waals surface area (Å²) in [5, 5.41) is 2.85. The van der Waals surface area contributed by atoms with Crippen molar-refractivity contribution in [3.63, 3.8) is 0 Å². The largest absolute Gasteiger partial charge is 0.467 e. The molecule has 0 spiro atoms. The molecular formula is C13H16Cl2N2O3. The molecule has 0 saturated carbocycles. The third kappa shape index (κ3) is 4.35. The van der Waals surface area contributed by atoms with Crippen molar-refractivity contribution in [2.24, 2.45) is 5.92 Å². The van der Waals surface area contributed by atoms with Crippen LogP contribution in [0.25, 0.3) is 0 Å². The molecule has 0 aliphatic rings. The van der Waals surface area contributed by atoms with Gasteiger partial charge in [0, 0.05) is 5.56 Å². The van der Waals surface area contributed by atoms with E-state index in [9.17, 15) is 9.59 Å². The summed E-state index contributed by atoms with van der Waals surface area (Å²) in [4.78, 5) is 27.6. The first kappa shape index (κ1) is 16.7. The summed E-state index contributed by atoms with van der Waals surface area (Å²) in [7, 11) is 1.28. The molecule has 1 rings (SSSR count). The normalized spacial score (nSPS) is 13.4. The molecule has 0 saturated heterocycles. The fraction of sp³-hybridized carbons (Fsp3) is 0.462. The Morgan fingerprint density at radius 1 is 1.35 bits per heavy atom. The number of aromatic nitrogens is 1. The highest BCUT2D eigenvalue weighted by Crippen LogP contribution is 2.16. The number of carbonyl (C=O) groups excluding carboxylic acids is 2. The van der Waals surface area contributed by atoms with Crippen LogP contribution < -0.4 is 5.32 Å². The monoisotopic (exact) mass is 318 g/mol. The maximum Gasteiger partial charge on any atom is 0.328 e. The zero-order chi connectivity index (χ0) is 15.3. The van der Waals surface area contributed by atoms with Gasteiger partial charge in [0.1, 0.15) is 16.3 Å². The zero-order valence-corrected chi connectivity index (χ0v) is 13.0. The summed E-state index contributed by atoms with van der Waals surface area (Å²) in [6.07, 6.45) is 0.720. The molecule has 0 aliphatic heterocycles. The van der Waals surface area contributed by atoms with Crippen LogP contribution in [0.5, 0.6) is 0 Å². The molecule has 1 heterocycles. The number of amides is 1. The highest BCUT2D eigenvalue weighted by molar-refractivity contribution is 6.33. The van der Waals surface area contributed by atoms with Crippen LogP contribution in [0.1, 0.15) is 30.6 Å². The Labute approximate surface area is 127 Å². The number of methoxy groups -OCH3 is 1. The molecule has 2 atom stereocenters. The Balaban J connectivity index is 2.93. The van der Waals surface area contributed by atoms with Gasteiger partial charge in [-0.1, -0.05) is 43.5 Å². The Hall–Kier alpha value is -1.33. The summed E-state index contributed by atoms with van der Waals surface area (Å²) in [6.45, 7) is 3.78. The highest BCUT2D eigenvalue weighted by Gasteiger charge is 2.27. The van der Waals surface area contributed by atoms with E-state index in [1.54, 1.807) is 0 Å². The molecule has 1 aromatic heterocycles. The Morgan fingerprint density at radius 3 is 2.35 bits per heavy atom. The van der Waals surface area contributed by atoms with Gasteiger partial charge in [0.25, 0.3) is 5.91 Å². The van der Waals surface area contributed by atoms with E-state index in [1.807, 2.05) is 13.8 Å². The van der Waals surface area contributed by atoms with E-state index in [0.717, 1.165) is 6.42 Å². The van der Waals surface area contributed by atoms with Crippen molar-refractivity contribution in [3.8, 4) is 0 Å². The maximum atomic E-state index is 12.1. The second kappa shape index (κ2) is 7.45. The minimum Gasteiger partial charge on any atom is -0.467 e. The summed E-state index contributed by atoms with van der Waals surface area (Å²) >= 11 is 11.5. The fourth-order valence-corrected chi connectivity index (χ4v) is 2.08. The van der Waals surface area contributed by atoms with Crippen molar-refractivity contribution in [2.45, 2.75) is 26.3 Å². The summed E-state index contributed by atoms with van der Waals surface area (Å²) in [6, 6.07) is 2.05. The molecule has 5 nitrogen and oxygen atoms in total. The predicted molar refractivity (Wildman–Crippen MR) is 77.0 cm³/mol. The molecule has 2 unspecified atom stereocenters. The van der Waals surface area contributed by atoms with Crippen LogP contribution in [0.3, 0.4) is 0 Å². The number of halogens is 2. The van der Waals surface area contributed by atoms with Crippen LogP contribution >= 0.6 is 23.2 Å². The van der Waals surface area contributed by atoms with Gasteiger partial charge < -0.3 is 10.1 Å². The second-order valence-electron chi connectivity index (χ2n) is 4.36. The number of carbonyl (C=O) groups is 2. The highest BCUT2D eigenvalue weighted by atomic mass is 35.5. The van der Waals surface area contributed by atoms with Gasteiger partial charge >= 0.3 is 5.97 Å². The van der Waals surface area contributed by atoms with Gasteiger partial charge in [-0.3, -0.25) is 4.79 Å². The lowest BCUT2D eigenvalue weighted by Crippen LogP contribution is -2.45. The van der Waals surface area contributed by atoms with Gasteiger partial charge in [-0.25, -0.2) is 9.78 Å². The number of rotatable bonds is 5. The SMILES string of the molecule is CCC(C)C(NC(=O)c1cc(Cl)nc(Cl)c1)C(=O)OC. The molecule has 0 aromatic carbocycles. The summed E-state index contributed by atoms with van der Waals surface area (Å²) in [5.74, 6) is -0.995. The van der Waals surface area contributed by atoms with Gasteiger partial charge in [-0.05, 0) is 18.1 Å². The lowest BCUT2D eigenvalue weighted by molar-refractivity contribution is -0.144. The van der Waals surface area contributed by atoms with Crippen molar-refractivity contribution >= 4 is 35.1 Å². The van der Waals surface area contributed by atoms with Crippen molar-refractivity contribution in [1.82, 2.24) is 10.3 Å². The van der Waals surface area contributed by atoms with E-state index >= 15 is 0 Å². The zero-order valence-electron chi connectivity index (χ0n) is 11.4. The van der Waals surface area contributed by atoms with Gasteiger partial charge in [0.15, 0.2) is 0 Å². The number of hydrogen-bond donors (Lipinski definition) is 1. The van der Waals surface area contributed by atoms with E-state index in [1.165, 1.54) is 19.2 Å². The molecule has 0 aliphatic carbocycles. The molecule has 110 valence electrons. The lowest BCUT2D eigenvalue weighted by atomic mass is 9.99. The first-order valence-electron chi connectivity index (χ1n) is 6.10. The minimum atomic E-state index is -0.719. The van der Waals surface area contributed by atoms with E-state index in [-0.39, 0.29) is 21.8 Å². The summed E-state index contributed by atoms with van der Waals surface area (Å²) in [5.41, 5.74) is 0.243. The van der Waals surface area contributed by atoms with E-state index in [2.05, 4.69) is 10.3 Å². The Morgan fingerprint density at radius 2 is 1.90 bits per heavy atom.